The highest BCUT2D eigenvalue weighted by Gasteiger charge is 2.01. The number of nitrogens with one attached hydrogen (secondary N) is 1. The zero-order valence-electron chi connectivity index (χ0n) is 16.0. The lowest BCUT2D eigenvalue weighted by atomic mass is 10.0. The molecule has 1 rings (SSSR count). The van der Waals surface area contributed by atoms with Gasteiger partial charge in [0.2, 0.25) is 5.91 Å². The van der Waals surface area contributed by atoms with Gasteiger partial charge >= 0.3 is 5.97 Å². The number of carbonyl (C=O) groups is 2. The van der Waals surface area contributed by atoms with Crippen LogP contribution in [0.3, 0.4) is 0 Å². The SMILES string of the molecule is O=C(O)CCCCCCCCCCCCCCC(=O)Nc1ccccc1. The Hall–Kier alpha value is -1.84. The van der Waals surface area contributed by atoms with Crippen LogP contribution >= 0.6 is 0 Å². The first-order valence-electron chi connectivity index (χ1n) is 10.2. The number of para-hydroxylation sites is 1. The Labute approximate surface area is 158 Å². The Bertz CT molecular complexity index is 487. The summed E-state index contributed by atoms with van der Waals surface area (Å²) in [5.41, 5.74) is 0.874. The Morgan fingerprint density at radius 2 is 1.08 bits per heavy atom. The molecule has 0 aromatic heterocycles. The number of carboxylic acids is 1. The molecule has 0 saturated heterocycles. The molecule has 1 aromatic rings. The topological polar surface area (TPSA) is 66.4 Å². The number of rotatable bonds is 16. The smallest absolute Gasteiger partial charge is 0.303 e. The molecule has 0 fully saturated rings. The molecule has 0 aliphatic rings. The number of amides is 1. The van der Waals surface area contributed by atoms with Gasteiger partial charge in [0, 0.05) is 18.5 Å². The Balaban J connectivity index is 1.79. The van der Waals surface area contributed by atoms with Crippen molar-refractivity contribution < 1.29 is 14.7 Å². The van der Waals surface area contributed by atoms with Crippen LogP contribution in [0.15, 0.2) is 30.3 Å². The highest BCUT2D eigenvalue weighted by atomic mass is 16.4. The zero-order chi connectivity index (χ0) is 18.9. The molecule has 26 heavy (non-hydrogen) atoms. The maximum atomic E-state index is 11.8. The van der Waals surface area contributed by atoms with Gasteiger partial charge in [-0.2, -0.15) is 0 Å². The molecule has 4 heteroatoms. The number of unbranched alkanes of at least 4 members (excludes halogenated alkanes) is 11. The van der Waals surface area contributed by atoms with Crippen molar-refractivity contribution in [2.24, 2.45) is 0 Å². The molecule has 1 amide bonds. The second-order valence-corrected chi connectivity index (χ2v) is 7.05. The Morgan fingerprint density at radius 1 is 0.654 bits per heavy atom. The molecule has 146 valence electrons. The third kappa shape index (κ3) is 13.5. The van der Waals surface area contributed by atoms with E-state index >= 15 is 0 Å². The van der Waals surface area contributed by atoms with Crippen LogP contribution in [0.2, 0.25) is 0 Å². The average molecular weight is 362 g/mol. The number of carbonyl (C=O) groups excluding carboxylic acids is 1. The van der Waals surface area contributed by atoms with Gasteiger partial charge in [-0.25, -0.2) is 0 Å². The summed E-state index contributed by atoms with van der Waals surface area (Å²) in [5.74, 6) is -0.568. The molecule has 2 N–H and O–H groups in total. The van der Waals surface area contributed by atoms with E-state index in [-0.39, 0.29) is 5.91 Å². The molecule has 0 spiro atoms. The second-order valence-electron chi connectivity index (χ2n) is 7.05. The number of benzene rings is 1. The van der Waals surface area contributed by atoms with E-state index < -0.39 is 5.97 Å². The molecular formula is C22H35NO3. The van der Waals surface area contributed by atoms with Gasteiger partial charge in [-0.3, -0.25) is 9.59 Å². The minimum atomic E-state index is -0.679. The van der Waals surface area contributed by atoms with Crippen LogP contribution in [0.1, 0.15) is 89.9 Å². The van der Waals surface area contributed by atoms with Crippen LogP contribution in [0, 0.1) is 0 Å². The zero-order valence-corrected chi connectivity index (χ0v) is 16.0. The van der Waals surface area contributed by atoms with Gasteiger partial charge in [-0.1, -0.05) is 82.4 Å². The van der Waals surface area contributed by atoms with Gasteiger partial charge < -0.3 is 10.4 Å². The van der Waals surface area contributed by atoms with Crippen molar-refractivity contribution in [2.45, 2.75) is 89.9 Å². The molecule has 0 radical (unpaired) electrons. The van der Waals surface area contributed by atoms with E-state index in [1.807, 2.05) is 30.3 Å². The quantitative estimate of drug-likeness (QED) is 0.346. The molecule has 4 nitrogen and oxygen atoms in total. The van der Waals surface area contributed by atoms with Crippen molar-refractivity contribution in [3.63, 3.8) is 0 Å². The van der Waals surface area contributed by atoms with Crippen LogP contribution in [-0.2, 0) is 9.59 Å². The first kappa shape index (κ1) is 22.2. The summed E-state index contributed by atoms with van der Waals surface area (Å²) in [5, 5.41) is 11.5. The molecule has 0 unspecified atom stereocenters. The van der Waals surface area contributed by atoms with Gasteiger partial charge in [0.15, 0.2) is 0 Å². The number of hydrogen-bond donors (Lipinski definition) is 2. The van der Waals surface area contributed by atoms with Crippen LogP contribution < -0.4 is 5.32 Å². The predicted molar refractivity (Wildman–Crippen MR) is 107 cm³/mol. The maximum Gasteiger partial charge on any atom is 0.303 e. The van der Waals surface area contributed by atoms with E-state index in [2.05, 4.69) is 5.32 Å². The molecule has 0 atom stereocenters. The highest BCUT2D eigenvalue weighted by Crippen LogP contribution is 2.13. The van der Waals surface area contributed by atoms with Crippen molar-refractivity contribution in [3.05, 3.63) is 30.3 Å². The highest BCUT2D eigenvalue weighted by molar-refractivity contribution is 5.90. The summed E-state index contributed by atoms with van der Waals surface area (Å²) in [6, 6.07) is 9.62. The standard InChI is InChI=1S/C22H35NO3/c24-21(23-20-16-12-11-13-17-20)18-14-9-7-5-3-1-2-4-6-8-10-15-19-22(25)26/h11-13,16-17H,1-10,14-15,18-19H2,(H,23,24)(H,25,26). The molecule has 0 aliphatic heterocycles. The summed E-state index contributed by atoms with van der Waals surface area (Å²) >= 11 is 0. The fourth-order valence-corrected chi connectivity index (χ4v) is 3.07. The molecule has 0 aliphatic carbocycles. The van der Waals surface area contributed by atoms with Gasteiger partial charge in [0.1, 0.15) is 0 Å². The van der Waals surface area contributed by atoms with Crippen LogP contribution in [-0.4, -0.2) is 17.0 Å². The van der Waals surface area contributed by atoms with Gasteiger partial charge in [0.25, 0.3) is 0 Å². The van der Waals surface area contributed by atoms with Crippen molar-refractivity contribution in [2.75, 3.05) is 5.32 Å². The van der Waals surface area contributed by atoms with Crippen molar-refractivity contribution in [1.82, 2.24) is 0 Å². The third-order valence-corrected chi connectivity index (χ3v) is 4.60. The summed E-state index contributed by atoms with van der Waals surface area (Å²) in [4.78, 5) is 22.2. The summed E-state index contributed by atoms with van der Waals surface area (Å²) in [6.45, 7) is 0. The van der Waals surface area contributed by atoms with Gasteiger partial charge in [0.05, 0.1) is 0 Å². The number of anilines is 1. The largest absolute Gasteiger partial charge is 0.481 e. The van der Waals surface area contributed by atoms with Crippen molar-refractivity contribution in [3.8, 4) is 0 Å². The van der Waals surface area contributed by atoms with Crippen LogP contribution in [0.25, 0.3) is 0 Å². The van der Waals surface area contributed by atoms with E-state index in [9.17, 15) is 9.59 Å². The Morgan fingerprint density at radius 3 is 1.54 bits per heavy atom. The first-order valence-corrected chi connectivity index (χ1v) is 10.2. The number of carboxylic acid groups (broad SMARTS) is 1. The molecule has 1 aromatic carbocycles. The number of aliphatic carboxylic acids is 1. The van der Waals surface area contributed by atoms with Gasteiger partial charge in [-0.05, 0) is 25.0 Å². The fourth-order valence-electron chi connectivity index (χ4n) is 3.07. The first-order chi connectivity index (χ1) is 12.7. The molecule has 0 saturated carbocycles. The fraction of sp³-hybridized carbons (Fsp3) is 0.636. The summed E-state index contributed by atoms with van der Waals surface area (Å²) in [6.07, 6.45) is 14.9. The lowest BCUT2D eigenvalue weighted by molar-refractivity contribution is -0.137. The second kappa shape index (κ2) is 15.4. The molecular weight excluding hydrogens is 326 g/mol. The van der Waals surface area contributed by atoms with E-state index in [1.54, 1.807) is 0 Å². The average Bonchev–Trinajstić information content (AvgIpc) is 2.62. The number of hydrogen-bond acceptors (Lipinski definition) is 2. The van der Waals surface area contributed by atoms with Crippen LogP contribution in [0.5, 0.6) is 0 Å². The monoisotopic (exact) mass is 361 g/mol. The van der Waals surface area contributed by atoms with Crippen molar-refractivity contribution >= 4 is 17.6 Å². The predicted octanol–water partition coefficient (Wildman–Crippen LogP) is 6.17. The Kier molecular flexibility index (Phi) is 13.2. The molecule has 0 bridgehead atoms. The maximum absolute atomic E-state index is 11.8. The summed E-state index contributed by atoms with van der Waals surface area (Å²) in [7, 11) is 0. The minimum absolute atomic E-state index is 0.111. The lowest BCUT2D eigenvalue weighted by Gasteiger charge is -2.05. The van der Waals surface area contributed by atoms with E-state index in [4.69, 9.17) is 5.11 Å². The third-order valence-electron chi connectivity index (χ3n) is 4.60. The lowest BCUT2D eigenvalue weighted by Crippen LogP contribution is -2.10. The normalized spacial score (nSPS) is 10.6. The minimum Gasteiger partial charge on any atom is -0.481 e. The van der Waals surface area contributed by atoms with Crippen molar-refractivity contribution in [1.29, 1.82) is 0 Å². The summed E-state index contributed by atoms with van der Waals surface area (Å²) < 4.78 is 0. The van der Waals surface area contributed by atoms with E-state index in [0.29, 0.717) is 12.8 Å². The van der Waals surface area contributed by atoms with Gasteiger partial charge in [-0.15, -0.1) is 0 Å². The van der Waals surface area contributed by atoms with E-state index in [1.165, 1.54) is 51.4 Å². The van der Waals surface area contributed by atoms with Crippen LogP contribution in [0.4, 0.5) is 5.69 Å². The molecule has 0 heterocycles. The van der Waals surface area contributed by atoms with E-state index in [0.717, 1.165) is 31.4 Å².